The Bertz CT molecular complexity index is 650. The van der Waals surface area contributed by atoms with Gasteiger partial charge in [0.25, 0.3) is 5.91 Å². The highest BCUT2D eigenvalue weighted by Gasteiger charge is 2.04. The van der Waals surface area contributed by atoms with Crippen molar-refractivity contribution in [1.82, 2.24) is 5.43 Å². The van der Waals surface area contributed by atoms with E-state index in [1.54, 1.807) is 37.4 Å². The van der Waals surface area contributed by atoms with E-state index in [0.29, 0.717) is 15.3 Å². The summed E-state index contributed by atoms with van der Waals surface area (Å²) in [6.45, 7) is -0.136. The van der Waals surface area contributed by atoms with Crippen LogP contribution in [-0.2, 0) is 4.79 Å². The molecular weight excluding hydrogens is 467 g/mol. The van der Waals surface area contributed by atoms with Crippen LogP contribution < -0.4 is 14.9 Å². The lowest BCUT2D eigenvalue weighted by atomic mass is 10.3. The van der Waals surface area contributed by atoms with Gasteiger partial charge in [-0.15, -0.1) is 0 Å². The van der Waals surface area contributed by atoms with E-state index in [9.17, 15) is 4.79 Å². The normalized spacial score (nSPS) is 10.7. The maximum atomic E-state index is 11.6. The minimum Gasteiger partial charge on any atom is -0.497 e. The molecule has 22 heavy (non-hydrogen) atoms. The lowest BCUT2D eigenvalue weighted by molar-refractivity contribution is -0.123. The molecule has 1 aromatic carbocycles. The van der Waals surface area contributed by atoms with Gasteiger partial charge in [-0.1, -0.05) is 0 Å². The highest BCUT2D eigenvalue weighted by molar-refractivity contribution is 14.1. The predicted octanol–water partition coefficient (Wildman–Crippen LogP) is 3.18. The molecule has 1 N–H and O–H groups in total. The van der Waals surface area contributed by atoms with Gasteiger partial charge < -0.3 is 13.9 Å². The summed E-state index contributed by atoms with van der Waals surface area (Å²) in [4.78, 5) is 11.6. The Morgan fingerprint density at radius 3 is 2.68 bits per heavy atom. The Labute approximate surface area is 149 Å². The van der Waals surface area contributed by atoms with Gasteiger partial charge in [0.1, 0.15) is 17.3 Å². The molecular formula is C14H12BrIN2O4. The number of hydrogen-bond acceptors (Lipinski definition) is 5. The molecule has 0 fully saturated rings. The van der Waals surface area contributed by atoms with E-state index >= 15 is 0 Å². The first kappa shape index (κ1) is 16.8. The SMILES string of the molecule is COc1ccc(OCC(=O)N/N=C/c2cc(Br)c(I)o2)cc1. The van der Waals surface area contributed by atoms with Crippen LogP contribution >= 0.6 is 38.5 Å². The largest absolute Gasteiger partial charge is 0.497 e. The van der Waals surface area contributed by atoms with Crippen molar-refractivity contribution in [1.29, 1.82) is 0 Å². The van der Waals surface area contributed by atoms with E-state index in [-0.39, 0.29) is 12.5 Å². The molecule has 1 amide bonds. The van der Waals surface area contributed by atoms with Crippen LogP contribution in [-0.4, -0.2) is 25.8 Å². The number of hydrogen-bond donors (Lipinski definition) is 1. The van der Waals surface area contributed by atoms with E-state index < -0.39 is 0 Å². The third kappa shape index (κ3) is 5.02. The lowest BCUT2D eigenvalue weighted by Crippen LogP contribution is -2.24. The molecule has 0 aliphatic rings. The molecule has 2 aromatic rings. The first-order valence-corrected chi connectivity index (χ1v) is 7.99. The van der Waals surface area contributed by atoms with Crippen LogP contribution in [0.2, 0.25) is 0 Å². The molecule has 1 aromatic heterocycles. The monoisotopic (exact) mass is 478 g/mol. The third-order valence-corrected chi connectivity index (χ3v) is 4.61. The Hall–Kier alpha value is -1.55. The number of carbonyl (C=O) groups is 1. The molecule has 0 radical (unpaired) electrons. The summed E-state index contributed by atoms with van der Waals surface area (Å²) in [6, 6.07) is 8.70. The fraction of sp³-hybridized carbons (Fsp3) is 0.143. The second kappa shape index (κ2) is 8.18. The standard InChI is InChI=1S/C14H12BrIN2O4/c1-20-9-2-4-10(5-3-9)21-8-13(19)18-17-7-11-6-12(15)14(16)22-11/h2-7H,8H2,1H3,(H,18,19)/b17-7+. The zero-order chi connectivity index (χ0) is 15.9. The van der Waals surface area contributed by atoms with E-state index in [1.807, 2.05) is 22.6 Å². The molecule has 116 valence electrons. The number of nitrogens with one attached hydrogen (secondary N) is 1. The van der Waals surface area contributed by atoms with Crippen LogP contribution in [0.3, 0.4) is 0 Å². The fourth-order valence-corrected chi connectivity index (χ4v) is 2.16. The molecule has 0 saturated heterocycles. The topological polar surface area (TPSA) is 73.1 Å². The molecule has 1 heterocycles. The molecule has 0 spiro atoms. The highest BCUT2D eigenvalue weighted by Crippen LogP contribution is 2.22. The zero-order valence-electron chi connectivity index (χ0n) is 11.5. The van der Waals surface area contributed by atoms with Crippen molar-refractivity contribution < 1.29 is 18.7 Å². The Morgan fingerprint density at radius 1 is 1.41 bits per heavy atom. The molecule has 0 saturated carbocycles. The maximum Gasteiger partial charge on any atom is 0.277 e. The summed E-state index contributed by atoms with van der Waals surface area (Å²) in [5, 5.41) is 3.79. The van der Waals surface area contributed by atoms with Gasteiger partial charge in [-0.05, 0) is 40.2 Å². The number of rotatable bonds is 6. The van der Waals surface area contributed by atoms with Crippen molar-refractivity contribution >= 4 is 50.6 Å². The summed E-state index contributed by atoms with van der Waals surface area (Å²) >= 11 is 5.36. The molecule has 0 unspecified atom stereocenters. The quantitative estimate of drug-likeness (QED) is 0.393. The first-order chi connectivity index (χ1) is 10.6. The zero-order valence-corrected chi connectivity index (χ0v) is 15.3. The van der Waals surface area contributed by atoms with Gasteiger partial charge >= 0.3 is 0 Å². The van der Waals surface area contributed by atoms with Crippen LogP contribution in [0.15, 0.2) is 44.3 Å². The Morgan fingerprint density at radius 2 is 2.09 bits per heavy atom. The van der Waals surface area contributed by atoms with Crippen molar-refractivity contribution in [3.8, 4) is 11.5 Å². The minimum atomic E-state index is -0.368. The fourth-order valence-electron chi connectivity index (χ4n) is 1.45. The Balaban J connectivity index is 1.77. The summed E-state index contributed by atoms with van der Waals surface area (Å²) in [7, 11) is 1.58. The highest BCUT2D eigenvalue weighted by atomic mass is 127. The maximum absolute atomic E-state index is 11.6. The van der Waals surface area contributed by atoms with Crippen LogP contribution in [0.4, 0.5) is 0 Å². The summed E-state index contributed by atoms with van der Waals surface area (Å²) in [6.07, 6.45) is 1.41. The number of nitrogens with zero attached hydrogens (tertiary/aromatic N) is 1. The summed E-state index contributed by atoms with van der Waals surface area (Å²) in [5.74, 6) is 1.46. The van der Waals surface area contributed by atoms with Gasteiger partial charge in [-0.25, -0.2) is 5.43 Å². The number of furan rings is 1. The van der Waals surface area contributed by atoms with Crippen LogP contribution in [0.25, 0.3) is 0 Å². The van der Waals surface area contributed by atoms with Gasteiger partial charge in [-0.3, -0.25) is 4.79 Å². The number of halogens is 2. The van der Waals surface area contributed by atoms with Crippen molar-refractivity contribution in [2.45, 2.75) is 0 Å². The third-order valence-electron chi connectivity index (χ3n) is 2.47. The average Bonchev–Trinajstić information content (AvgIpc) is 2.84. The first-order valence-electron chi connectivity index (χ1n) is 6.12. The summed E-state index contributed by atoms with van der Waals surface area (Å²) in [5.41, 5.74) is 2.36. The molecule has 2 rings (SSSR count). The minimum absolute atomic E-state index is 0.136. The molecule has 8 heteroatoms. The molecule has 0 atom stereocenters. The van der Waals surface area contributed by atoms with Gasteiger partial charge in [0.2, 0.25) is 0 Å². The number of amides is 1. The number of carbonyl (C=O) groups excluding carboxylic acids is 1. The molecule has 0 aliphatic heterocycles. The molecule has 6 nitrogen and oxygen atoms in total. The Kier molecular flexibility index (Phi) is 6.25. The van der Waals surface area contributed by atoms with Gasteiger partial charge in [0, 0.05) is 28.7 Å². The lowest BCUT2D eigenvalue weighted by Gasteiger charge is -2.05. The number of ether oxygens (including phenoxy) is 2. The number of hydrazone groups is 1. The van der Waals surface area contributed by atoms with Gasteiger partial charge in [-0.2, -0.15) is 5.10 Å². The van der Waals surface area contributed by atoms with E-state index in [2.05, 4.69) is 26.5 Å². The smallest absolute Gasteiger partial charge is 0.277 e. The number of methoxy groups -OCH3 is 1. The molecule has 0 aliphatic carbocycles. The van der Waals surface area contributed by atoms with Crippen LogP contribution in [0.1, 0.15) is 5.76 Å². The summed E-state index contributed by atoms with van der Waals surface area (Å²) < 4.78 is 17.2. The van der Waals surface area contributed by atoms with E-state index in [0.717, 1.165) is 10.2 Å². The van der Waals surface area contributed by atoms with E-state index in [4.69, 9.17) is 13.9 Å². The number of benzene rings is 1. The van der Waals surface area contributed by atoms with Crippen LogP contribution in [0, 0.1) is 3.77 Å². The van der Waals surface area contributed by atoms with Crippen molar-refractivity contribution in [3.63, 3.8) is 0 Å². The van der Waals surface area contributed by atoms with Crippen LogP contribution in [0.5, 0.6) is 11.5 Å². The average molecular weight is 479 g/mol. The van der Waals surface area contributed by atoms with Crippen molar-refractivity contribution in [2.75, 3.05) is 13.7 Å². The molecule has 0 bridgehead atoms. The second-order valence-corrected chi connectivity index (χ2v) is 5.86. The van der Waals surface area contributed by atoms with Crippen molar-refractivity contribution in [2.24, 2.45) is 5.10 Å². The van der Waals surface area contributed by atoms with Gasteiger partial charge in [0.15, 0.2) is 10.4 Å². The van der Waals surface area contributed by atoms with E-state index in [1.165, 1.54) is 6.21 Å². The van der Waals surface area contributed by atoms with Crippen molar-refractivity contribution in [3.05, 3.63) is 44.3 Å². The second-order valence-electron chi connectivity index (χ2n) is 4.03. The predicted molar refractivity (Wildman–Crippen MR) is 93.4 cm³/mol. The van der Waals surface area contributed by atoms with Gasteiger partial charge in [0.05, 0.1) is 17.8 Å².